The lowest BCUT2D eigenvalue weighted by Gasteiger charge is -2.12. The summed E-state index contributed by atoms with van der Waals surface area (Å²) in [6, 6.07) is 12.1. The standard InChI is InChI=1S/C17H19Cl2N/c1-3-8-20-11-13-5-4-12(2)15(9-13)16-10-14(18)6-7-17(16)19/h4-7,9-10,20H,3,8,11H2,1-2H3. The highest BCUT2D eigenvalue weighted by Crippen LogP contribution is 2.33. The first kappa shape index (κ1) is 15.4. The lowest BCUT2D eigenvalue weighted by Crippen LogP contribution is -2.13. The Hall–Kier alpha value is -1.02. The van der Waals surface area contributed by atoms with Crippen molar-refractivity contribution in [3.63, 3.8) is 0 Å². The quantitative estimate of drug-likeness (QED) is 0.722. The average molecular weight is 308 g/mol. The van der Waals surface area contributed by atoms with Gasteiger partial charge in [-0.1, -0.05) is 42.3 Å². The molecule has 20 heavy (non-hydrogen) atoms. The predicted molar refractivity (Wildman–Crippen MR) is 88.6 cm³/mol. The van der Waals surface area contributed by atoms with Gasteiger partial charge in [-0.25, -0.2) is 0 Å². The molecule has 0 atom stereocenters. The van der Waals surface area contributed by atoms with Gasteiger partial charge in [-0.15, -0.1) is 0 Å². The van der Waals surface area contributed by atoms with Gasteiger partial charge in [0.1, 0.15) is 0 Å². The largest absolute Gasteiger partial charge is 0.313 e. The Labute approximate surface area is 130 Å². The second-order valence-corrected chi connectivity index (χ2v) is 5.79. The Morgan fingerprint density at radius 3 is 2.55 bits per heavy atom. The molecule has 0 aliphatic carbocycles. The fourth-order valence-corrected chi connectivity index (χ4v) is 2.57. The third-order valence-electron chi connectivity index (χ3n) is 3.28. The van der Waals surface area contributed by atoms with Gasteiger partial charge in [0.25, 0.3) is 0 Å². The Morgan fingerprint density at radius 1 is 1.00 bits per heavy atom. The maximum absolute atomic E-state index is 6.31. The minimum absolute atomic E-state index is 0.707. The highest BCUT2D eigenvalue weighted by Gasteiger charge is 2.08. The van der Waals surface area contributed by atoms with Gasteiger partial charge >= 0.3 is 0 Å². The zero-order chi connectivity index (χ0) is 14.5. The van der Waals surface area contributed by atoms with Crippen molar-refractivity contribution in [2.24, 2.45) is 0 Å². The smallest absolute Gasteiger partial charge is 0.0485 e. The number of hydrogen-bond acceptors (Lipinski definition) is 1. The first-order chi connectivity index (χ1) is 9.61. The molecule has 0 saturated heterocycles. The highest BCUT2D eigenvalue weighted by molar-refractivity contribution is 6.35. The van der Waals surface area contributed by atoms with E-state index in [1.54, 1.807) is 0 Å². The second kappa shape index (κ2) is 7.12. The molecule has 0 amide bonds. The number of benzene rings is 2. The van der Waals surface area contributed by atoms with Crippen LogP contribution in [0.2, 0.25) is 10.0 Å². The SMILES string of the molecule is CCCNCc1ccc(C)c(-c2cc(Cl)ccc2Cl)c1. The second-order valence-electron chi connectivity index (χ2n) is 4.95. The summed E-state index contributed by atoms with van der Waals surface area (Å²) in [5.41, 5.74) is 4.60. The van der Waals surface area contributed by atoms with Crippen LogP contribution in [0.15, 0.2) is 36.4 Å². The molecule has 0 saturated carbocycles. The molecule has 106 valence electrons. The van der Waals surface area contributed by atoms with Gasteiger partial charge < -0.3 is 5.32 Å². The van der Waals surface area contributed by atoms with Crippen molar-refractivity contribution >= 4 is 23.2 Å². The summed E-state index contributed by atoms with van der Waals surface area (Å²) < 4.78 is 0. The van der Waals surface area contributed by atoms with Crippen molar-refractivity contribution in [3.8, 4) is 11.1 Å². The van der Waals surface area contributed by atoms with Crippen LogP contribution in [0.5, 0.6) is 0 Å². The van der Waals surface area contributed by atoms with Crippen molar-refractivity contribution in [2.45, 2.75) is 26.8 Å². The van der Waals surface area contributed by atoms with Gasteiger partial charge in [0.15, 0.2) is 0 Å². The third-order valence-corrected chi connectivity index (χ3v) is 3.84. The van der Waals surface area contributed by atoms with E-state index >= 15 is 0 Å². The number of rotatable bonds is 5. The molecule has 0 spiro atoms. The van der Waals surface area contributed by atoms with E-state index in [2.05, 4.69) is 37.4 Å². The van der Waals surface area contributed by atoms with E-state index in [-0.39, 0.29) is 0 Å². The molecule has 0 fully saturated rings. The molecule has 0 heterocycles. The van der Waals surface area contributed by atoms with E-state index in [1.165, 1.54) is 11.1 Å². The maximum atomic E-state index is 6.31. The van der Waals surface area contributed by atoms with Crippen LogP contribution in [0.25, 0.3) is 11.1 Å². The van der Waals surface area contributed by atoms with Gasteiger partial charge in [-0.05, 0) is 60.8 Å². The molecular weight excluding hydrogens is 289 g/mol. The third kappa shape index (κ3) is 3.76. The van der Waals surface area contributed by atoms with Crippen LogP contribution < -0.4 is 5.32 Å². The molecule has 2 aromatic carbocycles. The van der Waals surface area contributed by atoms with Crippen LogP contribution in [0.4, 0.5) is 0 Å². The molecule has 0 aliphatic heterocycles. The first-order valence-corrected chi connectivity index (χ1v) is 7.63. The molecular formula is C17H19Cl2N. The Bertz CT molecular complexity index is 594. The summed E-state index contributed by atoms with van der Waals surface area (Å²) in [7, 11) is 0. The average Bonchev–Trinajstić information content (AvgIpc) is 2.44. The molecule has 2 aromatic rings. The van der Waals surface area contributed by atoms with Gasteiger partial charge in [0.05, 0.1) is 0 Å². The normalized spacial score (nSPS) is 10.8. The fourth-order valence-electron chi connectivity index (χ4n) is 2.18. The summed E-state index contributed by atoms with van der Waals surface area (Å²) in [6.45, 7) is 6.16. The summed E-state index contributed by atoms with van der Waals surface area (Å²) >= 11 is 12.4. The summed E-state index contributed by atoms with van der Waals surface area (Å²) in [4.78, 5) is 0. The minimum atomic E-state index is 0.707. The summed E-state index contributed by atoms with van der Waals surface area (Å²) in [6.07, 6.45) is 1.14. The Morgan fingerprint density at radius 2 is 1.80 bits per heavy atom. The van der Waals surface area contributed by atoms with Crippen LogP contribution >= 0.6 is 23.2 Å². The number of nitrogens with one attached hydrogen (secondary N) is 1. The van der Waals surface area contributed by atoms with Crippen LogP contribution in [0.1, 0.15) is 24.5 Å². The number of hydrogen-bond donors (Lipinski definition) is 1. The van der Waals surface area contributed by atoms with Crippen LogP contribution in [0, 0.1) is 6.92 Å². The Balaban J connectivity index is 2.35. The molecule has 1 N–H and O–H groups in total. The van der Waals surface area contributed by atoms with Crippen LogP contribution in [-0.4, -0.2) is 6.54 Å². The van der Waals surface area contributed by atoms with Gasteiger partial charge in [-0.3, -0.25) is 0 Å². The predicted octanol–water partition coefficient (Wildman–Crippen LogP) is 5.47. The molecule has 0 bridgehead atoms. The summed E-state index contributed by atoms with van der Waals surface area (Å²) in [5, 5.41) is 4.86. The van der Waals surface area contributed by atoms with Crippen molar-refractivity contribution < 1.29 is 0 Å². The van der Waals surface area contributed by atoms with Gasteiger partial charge in [0.2, 0.25) is 0 Å². The van der Waals surface area contributed by atoms with E-state index < -0.39 is 0 Å². The molecule has 0 radical (unpaired) electrons. The van der Waals surface area contributed by atoms with Gasteiger partial charge in [0, 0.05) is 22.2 Å². The van der Waals surface area contributed by atoms with E-state index in [1.807, 2.05) is 18.2 Å². The van der Waals surface area contributed by atoms with Crippen LogP contribution in [0.3, 0.4) is 0 Å². The van der Waals surface area contributed by atoms with Crippen molar-refractivity contribution in [1.29, 1.82) is 0 Å². The van der Waals surface area contributed by atoms with Crippen LogP contribution in [-0.2, 0) is 6.54 Å². The summed E-state index contributed by atoms with van der Waals surface area (Å²) in [5.74, 6) is 0. The molecule has 0 unspecified atom stereocenters. The van der Waals surface area contributed by atoms with Crippen molar-refractivity contribution in [3.05, 3.63) is 57.6 Å². The van der Waals surface area contributed by atoms with E-state index in [9.17, 15) is 0 Å². The molecule has 1 nitrogen and oxygen atoms in total. The maximum Gasteiger partial charge on any atom is 0.0485 e. The lowest BCUT2D eigenvalue weighted by molar-refractivity contribution is 0.675. The first-order valence-electron chi connectivity index (χ1n) is 6.87. The fraction of sp³-hybridized carbons (Fsp3) is 0.294. The monoisotopic (exact) mass is 307 g/mol. The molecule has 0 aromatic heterocycles. The number of halogens is 2. The highest BCUT2D eigenvalue weighted by atomic mass is 35.5. The Kier molecular flexibility index (Phi) is 5.47. The van der Waals surface area contributed by atoms with Crippen molar-refractivity contribution in [2.75, 3.05) is 6.54 Å². The van der Waals surface area contributed by atoms with Gasteiger partial charge in [-0.2, -0.15) is 0 Å². The lowest BCUT2D eigenvalue weighted by atomic mass is 9.98. The number of aryl methyl sites for hydroxylation is 1. The molecule has 0 aliphatic rings. The van der Waals surface area contributed by atoms with E-state index in [0.717, 1.165) is 35.7 Å². The zero-order valence-electron chi connectivity index (χ0n) is 11.8. The topological polar surface area (TPSA) is 12.0 Å². The van der Waals surface area contributed by atoms with Crippen molar-refractivity contribution in [1.82, 2.24) is 5.32 Å². The zero-order valence-corrected chi connectivity index (χ0v) is 13.4. The van der Waals surface area contributed by atoms with E-state index in [4.69, 9.17) is 23.2 Å². The molecule has 2 rings (SSSR count). The molecule has 3 heteroatoms. The minimum Gasteiger partial charge on any atom is -0.313 e. The van der Waals surface area contributed by atoms with E-state index in [0.29, 0.717) is 5.02 Å².